The number of nitrogens with zero attached hydrogens (tertiary/aromatic N) is 5. The largest absolute Gasteiger partial charge is 0.444 e. The molecule has 1 fully saturated rings. The summed E-state index contributed by atoms with van der Waals surface area (Å²) in [6.07, 6.45) is 3.46. The van der Waals surface area contributed by atoms with Gasteiger partial charge in [0, 0.05) is 54.4 Å². The van der Waals surface area contributed by atoms with Gasteiger partial charge in [0.25, 0.3) is 0 Å². The number of hydrogen-bond acceptors (Lipinski definition) is 7. The van der Waals surface area contributed by atoms with Crippen LogP contribution in [0.25, 0.3) is 5.65 Å². The zero-order chi connectivity index (χ0) is 29.7. The highest BCUT2D eigenvalue weighted by atomic mass is 127. The molecule has 1 aliphatic heterocycles. The molecule has 3 heterocycles. The predicted molar refractivity (Wildman–Crippen MR) is 176 cm³/mol. The maximum Gasteiger partial charge on any atom is 0.410 e. The molecule has 0 radical (unpaired) electrons. The fourth-order valence-corrected chi connectivity index (χ4v) is 6.35. The molecular formula is C28H50IN5O4Si2. The fourth-order valence-electron chi connectivity index (χ4n) is 4.36. The summed E-state index contributed by atoms with van der Waals surface area (Å²) >= 11 is 2.29. The second-order valence-corrected chi connectivity index (χ2v) is 26.7. The minimum absolute atomic E-state index is 0.109. The Morgan fingerprint density at radius 2 is 1.68 bits per heavy atom. The van der Waals surface area contributed by atoms with E-state index in [1.165, 1.54) is 0 Å². The first-order chi connectivity index (χ1) is 18.5. The second-order valence-electron chi connectivity index (χ2n) is 14.3. The maximum atomic E-state index is 12.9. The Bertz CT molecular complexity index is 1100. The molecule has 1 saturated heterocycles. The van der Waals surface area contributed by atoms with E-state index in [4.69, 9.17) is 19.2 Å². The Morgan fingerprint density at radius 3 is 2.23 bits per heavy atom. The third-order valence-electron chi connectivity index (χ3n) is 6.73. The summed E-state index contributed by atoms with van der Waals surface area (Å²) in [7, 11) is -2.41. The average Bonchev–Trinajstić information content (AvgIpc) is 3.21. The highest BCUT2D eigenvalue weighted by Gasteiger charge is 2.30. The Hall–Kier alpha value is -1.23. The SMILES string of the molecule is CC(C)(C)OC(=O)N1CCCC(c2cc(N(COCC[Si](C)(C)C)COCC[Si](C)(C)C)n3ncc(I)c3n2)C1. The number of piperidine rings is 1. The molecule has 0 N–H and O–H groups in total. The van der Waals surface area contributed by atoms with Gasteiger partial charge in [-0.05, 0) is 68.3 Å². The number of rotatable bonds is 12. The average molecular weight is 704 g/mol. The van der Waals surface area contributed by atoms with Gasteiger partial charge in [0.15, 0.2) is 5.65 Å². The molecule has 1 aliphatic rings. The van der Waals surface area contributed by atoms with Gasteiger partial charge in [-0.3, -0.25) is 0 Å². The smallest absolute Gasteiger partial charge is 0.410 e. The van der Waals surface area contributed by atoms with Crippen molar-refractivity contribution in [3.8, 4) is 0 Å². The normalized spacial score (nSPS) is 16.9. The van der Waals surface area contributed by atoms with Gasteiger partial charge >= 0.3 is 6.09 Å². The minimum atomic E-state index is -1.20. The van der Waals surface area contributed by atoms with Crippen LogP contribution in [0.4, 0.5) is 10.6 Å². The summed E-state index contributed by atoms with van der Waals surface area (Å²) in [6, 6.07) is 4.33. The molecule has 12 heteroatoms. The standard InChI is InChI=1S/C28H50IN5O4Si2/c1-28(2,3)38-27(35)32-12-10-11-22(19-32)24-17-25(34-26(31-24)23(29)18-30-34)33(20-36-13-15-39(4,5)6)21-37-14-16-40(7,8)9/h17-18,22H,10-16,19-21H2,1-9H3. The lowest BCUT2D eigenvalue weighted by molar-refractivity contribution is 0.0197. The van der Waals surface area contributed by atoms with Gasteiger partial charge in [0.05, 0.1) is 15.5 Å². The molecule has 1 unspecified atom stereocenters. The van der Waals surface area contributed by atoms with Crippen molar-refractivity contribution >= 4 is 56.3 Å². The van der Waals surface area contributed by atoms with E-state index < -0.39 is 21.7 Å². The zero-order valence-corrected chi connectivity index (χ0v) is 30.2. The van der Waals surface area contributed by atoms with Crippen molar-refractivity contribution in [3.63, 3.8) is 0 Å². The third-order valence-corrected chi connectivity index (χ3v) is 10.9. The molecule has 226 valence electrons. The molecule has 1 amide bonds. The van der Waals surface area contributed by atoms with Crippen LogP contribution in [0.2, 0.25) is 51.4 Å². The van der Waals surface area contributed by atoms with E-state index >= 15 is 0 Å². The van der Waals surface area contributed by atoms with Gasteiger partial charge in [0.2, 0.25) is 0 Å². The van der Waals surface area contributed by atoms with Gasteiger partial charge < -0.3 is 24.0 Å². The molecular weight excluding hydrogens is 653 g/mol. The van der Waals surface area contributed by atoms with Gasteiger partial charge in [-0.15, -0.1) is 0 Å². The van der Waals surface area contributed by atoms with Gasteiger partial charge in [-0.25, -0.2) is 9.78 Å². The van der Waals surface area contributed by atoms with E-state index in [-0.39, 0.29) is 12.0 Å². The monoisotopic (exact) mass is 703 g/mol. The van der Waals surface area contributed by atoms with E-state index in [2.05, 4.69) is 77.9 Å². The van der Waals surface area contributed by atoms with Crippen molar-refractivity contribution in [1.82, 2.24) is 19.5 Å². The van der Waals surface area contributed by atoms with E-state index in [1.807, 2.05) is 36.4 Å². The van der Waals surface area contributed by atoms with Crippen LogP contribution in [0.1, 0.15) is 45.2 Å². The first kappa shape index (κ1) is 33.3. The summed E-state index contributed by atoms with van der Waals surface area (Å²) in [5.74, 6) is 1.01. The number of likely N-dealkylation sites (tertiary alicyclic amines) is 1. The molecule has 1 atom stereocenters. The quantitative estimate of drug-likeness (QED) is 0.103. The Balaban J connectivity index is 1.87. The third kappa shape index (κ3) is 10.6. The van der Waals surface area contributed by atoms with Crippen LogP contribution in [0, 0.1) is 3.57 Å². The van der Waals surface area contributed by atoms with E-state index in [9.17, 15) is 4.79 Å². The lowest BCUT2D eigenvalue weighted by atomic mass is 9.94. The highest BCUT2D eigenvalue weighted by molar-refractivity contribution is 14.1. The van der Waals surface area contributed by atoms with Crippen LogP contribution in [-0.2, 0) is 14.2 Å². The summed E-state index contributed by atoms with van der Waals surface area (Å²) in [5, 5.41) is 4.67. The van der Waals surface area contributed by atoms with Crippen molar-refractivity contribution in [2.75, 3.05) is 44.7 Å². The molecule has 2 aromatic rings. The summed E-state index contributed by atoms with van der Waals surface area (Å²) in [4.78, 5) is 21.9. The number of ether oxygens (including phenoxy) is 3. The van der Waals surface area contributed by atoms with Crippen molar-refractivity contribution in [1.29, 1.82) is 0 Å². The number of hydrogen-bond donors (Lipinski definition) is 0. The number of aromatic nitrogens is 3. The summed E-state index contributed by atoms with van der Waals surface area (Å²) in [6.45, 7) is 23.5. The minimum Gasteiger partial charge on any atom is -0.444 e. The molecule has 40 heavy (non-hydrogen) atoms. The van der Waals surface area contributed by atoms with Crippen LogP contribution < -0.4 is 4.90 Å². The Kier molecular flexibility index (Phi) is 11.5. The molecule has 0 spiro atoms. The molecule has 0 saturated carbocycles. The van der Waals surface area contributed by atoms with Crippen molar-refractivity contribution in [3.05, 3.63) is 21.5 Å². The lowest BCUT2D eigenvalue weighted by Gasteiger charge is -2.34. The summed E-state index contributed by atoms with van der Waals surface area (Å²) in [5.41, 5.74) is 1.26. The Labute approximate surface area is 256 Å². The van der Waals surface area contributed by atoms with E-state index in [0.717, 1.165) is 58.9 Å². The first-order valence-electron chi connectivity index (χ1n) is 14.4. The molecule has 0 aromatic carbocycles. The molecule has 9 nitrogen and oxygen atoms in total. The zero-order valence-electron chi connectivity index (χ0n) is 26.1. The van der Waals surface area contributed by atoms with Gasteiger partial charge in [-0.1, -0.05) is 39.3 Å². The van der Waals surface area contributed by atoms with Crippen LogP contribution in [-0.4, -0.2) is 87.1 Å². The number of carbonyl (C=O) groups is 1. The van der Waals surface area contributed by atoms with Crippen LogP contribution in [0.15, 0.2) is 12.3 Å². The fraction of sp³-hybridized carbons (Fsp3) is 0.750. The number of halogens is 1. The van der Waals surface area contributed by atoms with Crippen LogP contribution in [0.5, 0.6) is 0 Å². The Morgan fingerprint density at radius 1 is 1.07 bits per heavy atom. The first-order valence-corrected chi connectivity index (χ1v) is 22.9. The van der Waals surface area contributed by atoms with Crippen LogP contribution in [0.3, 0.4) is 0 Å². The van der Waals surface area contributed by atoms with E-state index in [0.29, 0.717) is 26.6 Å². The van der Waals surface area contributed by atoms with Crippen LogP contribution >= 0.6 is 22.6 Å². The molecule has 0 aliphatic carbocycles. The number of anilines is 1. The predicted octanol–water partition coefficient (Wildman–Crippen LogP) is 6.88. The lowest BCUT2D eigenvalue weighted by Crippen LogP contribution is -2.42. The topological polar surface area (TPSA) is 81.4 Å². The molecule has 0 bridgehead atoms. The van der Waals surface area contributed by atoms with Crippen molar-refractivity contribution in [2.45, 2.75) is 96.5 Å². The van der Waals surface area contributed by atoms with Crippen molar-refractivity contribution in [2.24, 2.45) is 0 Å². The number of fused-ring (bicyclic) bond motifs is 1. The van der Waals surface area contributed by atoms with Gasteiger partial charge in [-0.2, -0.15) is 9.61 Å². The number of amides is 1. The maximum absolute atomic E-state index is 12.9. The molecule has 3 rings (SSSR count). The van der Waals surface area contributed by atoms with Gasteiger partial charge in [0.1, 0.15) is 24.9 Å². The molecule has 2 aromatic heterocycles. The second kappa shape index (κ2) is 13.8. The number of carbonyl (C=O) groups excluding carboxylic acids is 1. The summed E-state index contributed by atoms with van der Waals surface area (Å²) < 4.78 is 21.0. The van der Waals surface area contributed by atoms with Crippen molar-refractivity contribution < 1.29 is 19.0 Å². The van der Waals surface area contributed by atoms with E-state index in [1.54, 1.807) is 0 Å². The highest BCUT2D eigenvalue weighted by Crippen LogP contribution is 2.31.